The molecule has 1 aliphatic heterocycles. The highest BCUT2D eigenvalue weighted by Gasteiger charge is 2.25. The van der Waals surface area contributed by atoms with E-state index in [-0.39, 0.29) is 6.03 Å². The fraction of sp³-hybridized carbons (Fsp3) is 0.391. The number of urea groups is 1. The second kappa shape index (κ2) is 8.99. The van der Waals surface area contributed by atoms with E-state index in [2.05, 4.69) is 23.3 Å². The number of carbonyl (C=O) groups excluding carboxylic acids is 1. The zero-order valence-electron chi connectivity index (χ0n) is 16.9. The van der Waals surface area contributed by atoms with Gasteiger partial charge in [-0.25, -0.2) is 9.78 Å². The number of unbranched alkanes of at least 4 members (excludes halogenated alkanes) is 1. The number of carbonyl (C=O) groups is 1. The van der Waals surface area contributed by atoms with Crippen molar-refractivity contribution in [3.8, 4) is 5.75 Å². The van der Waals surface area contributed by atoms with Crippen LogP contribution in [0.2, 0.25) is 0 Å². The Morgan fingerprint density at radius 3 is 2.66 bits per heavy atom. The summed E-state index contributed by atoms with van der Waals surface area (Å²) in [7, 11) is 0. The van der Waals surface area contributed by atoms with Gasteiger partial charge in [0, 0.05) is 24.7 Å². The Bertz CT molecular complexity index is 910. The van der Waals surface area contributed by atoms with Crippen LogP contribution in [0.15, 0.2) is 48.5 Å². The molecule has 1 fully saturated rings. The highest BCUT2D eigenvalue weighted by atomic mass is 16.5. The third-order valence-corrected chi connectivity index (χ3v) is 5.45. The van der Waals surface area contributed by atoms with Gasteiger partial charge in [-0.1, -0.05) is 25.5 Å². The van der Waals surface area contributed by atoms with Crippen LogP contribution in [0.4, 0.5) is 10.5 Å². The number of ether oxygens (including phenoxy) is 1. The number of benzene rings is 2. The van der Waals surface area contributed by atoms with Crippen molar-refractivity contribution < 1.29 is 9.53 Å². The van der Waals surface area contributed by atoms with Crippen LogP contribution in [0.25, 0.3) is 11.0 Å². The highest BCUT2D eigenvalue weighted by Crippen LogP contribution is 2.28. The number of aromatic nitrogens is 2. The molecular formula is C23H28N4O2. The number of piperidine rings is 1. The van der Waals surface area contributed by atoms with Crippen molar-refractivity contribution in [1.29, 1.82) is 0 Å². The zero-order valence-corrected chi connectivity index (χ0v) is 16.9. The molecule has 1 saturated heterocycles. The predicted molar refractivity (Wildman–Crippen MR) is 116 cm³/mol. The molecule has 4 rings (SSSR count). The van der Waals surface area contributed by atoms with Crippen LogP contribution in [0.1, 0.15) is 44.3 Å². The monoisotopic (exact) mass is 392 g/mol. The first-order valence-corrected chi connectivity index (χ1v) is 10.5. The summed E-state index contributed by atoms with van der Waals surface area (Å²) in [5.41, 5.74) is 2.87. The van der Waals surface area contributed by atoms with Gasteiger partial charge < -0.3 is 19.9 Å². The van der Waals surface area contributed by atoms with Gasteiger partial charge in [0.1, 0.15) is 11.6 Å². The Kier molecular flexibility index (Phi) is 5.98. The van der Waals surface area contributed by atoms with Crippen molar-refractivity contribution in [2.24, 2.45) is 0 Å². The predicted octanol–water partition coefficient (Wildman–Crippen LogP) is 5.15. The summed E-state index contributed by atoms with van der Waals surface area (Å²) in [6.07, 6.45) is 3.98. The summed E-state index contributed by atoms with van der Waals surface area (Å²) < 4.78 is 5.67. The summed E-state index contributed by atoms with van der Waals surface area (Å²) >= 11 is 0. The van der Waals surface area contributed by atoms with Gasteiger partial charge in [-0.3, -0.25) is 0 Å². The average molecular weight is 393 g/mol. The standard InChI is InChI=1S/C23H28N4O2/c1-2-3-16-29-19-10-8-18(9-11-19)24-23(28)27-14-12-17(13-15-27)22-25-20-6-4-5-7-21(20)26-22/h4-11,17H,2-3,12-16H2,1H3,(H,24,28)(H,25,26). The molecule has 2 N–H and O–H groups in total. The van der Waals surface area contributed by atoms with E-state index < -0.39 is 0 Å². The van der Waals surface area contributed by atoms with Crippen molar-refractivity contribution in [3.05, 3.63) is 54.4 Å². The Hall–Kier alpha value is -3.02. The number of rotatable bonds is 6. The fourth-order valence-corrected chi connectivity index (χ4v) is 3.69. The molecule has 0 atom stereocenters. The quantitative estimate of drug-likeness (QED) is 0.570. The van der Waals surface area contributed by atoms with Gasteiger partial charge >= 0.3 is 6.03 Å². The lowest BCUT2D eigenvalue weighted by atomic mass is 9.96. The molecule has 0 bridgehead atoms. The summed E-state index contributed by atoms with van der Waals surface area (Å²) in [5.74, 6) is 2.24. The molecular weight excluding hydrogens is 364 g/mol. The number of aromatic amines is 1. The van der Waals surface area contributed by atoms with Crippen LogP contribution in [0.5, 0.6) is 5.75 Å². The Balaban J connectivity index is 1.28. The van der Waals surface area contributed by atoms with Crippen LogP contribution in [0, 0.1) is 0 Å². The maximum Gasteiger partial charge on any atom is 0.321 e. The molecule has 0 spiro atoms. The molecule has 0 aliphatic carbocycles. The van der Waals surface area contributed by atoms with Crippen molar-refractivity contribution in [2.45, 2.75) is 38.5 Å². The lowest BCUT2D eigenvalue weighted by Gasteiger charge is -2.31. The second-order valence-corrected chi connectivity index (χ2v) is 7.56. The first kappa shape index (κ1) is 19.3. The molecule has 29 heavy (non-hydrogen) atoms. The molecule has 2 aromatic carbocycles. The first-order valence-electron chi connectivity index (χ1n) is 10.5. The Labute approximate surface area is 171 Å². The molecule has 152 valence electrons. The Morgan fingerprint density at radius 2 is 1.93 bits per heavy atom. The number of fused-ring (bicyclic) bond motifs is 1. The van der Waals surface area contributed by atoms with Crippen LogP contribution in [-0.4, -0.2) is 40.6 Å². The van der Waals surface area contributed by atoms with E-state index in [1.165, 1.54) is 0 Å². The van der Waals surface area contributed by atoms with E-state index in [4.69, 9.17) is 9.72 Å². The third-order valence-electron chi connectivity index (χ3n) is 5.45. The van der Waals surface area contributed by atoms with Crippen molar-refractivity contribution in [3.63, 3.8) is 0 Å². The van der Waals surface area contributed by atoms with Gasteiger partial charge in [0.2, 0.25) is 0 Å². The van der Waals surface area contributed by atoms with Crippen LogP contribution in [-0.2, 0) is 0 Å². The molecule has 3 aromatic rings. The summed E-state index contributed by atoms with van der Waals surface area (Å²) in [6, 6.07) is 15.6. The average Bonchev–Trinajstić information content (AvgIpc) is 3.19. The minimum atomic E-state index is -0.0484. The number of amides is 2. The highest BCUT2D eigenvalue weighted by molar-refractivity contribution is 5.89. The van der Waals surface area contributed by atoms with Crippen LogP contribution in [0.3, 0.4) is 0 Å². The molecule has 1 aromatic heterocycles. The summed E-state index contributed by atoms with van der Waals surface area (Å²) in [4.78, 5) is 22.6. The minimum Gasteiger partial charge on any atom is -0.494 e. The molecule has 6 nitrogen and oxygen atoms in total. The zero-order chi connectivity index (χ0) is 20.1. The number of imidazole rings is 1. The van der Waals surface area contributed by atoms with E-state index in [0.29, 0.717) is 5.92 Å². The van der Waals surface area contributed by atoms with Crippen molar-refractivity contribution >= 4 is 22.8 Å². The number of likely N-dealkylation sites (tertiary alicyclic amines) is 1. The van der Waals surface area contributed by atoms with E-state index in [9.17, 15) is 4.79 Å². The number of nitrogens with one attached hydrogen (secondary N) is 2. The largest absolute Gasteiger partial charge is 0.494 e. The number of hydrogen-bond acceptors (Lipinski definition) is 3. The minimum absolute atomic E-state index is 0.0484. The lowest BCUT2D eigenvalue weighted by molar-refractivity contribution is 0.193. The van der Waals surface area contributed by atoms with Gasteiger partial charge in [-0.15, -0.1) is 0 Å². The van der Waals surface area contributed by atoms with E-state index in [1.807, 2.05) is 47.4 Å². The van der Waals surface area contributed by atoms with Crippen LogP contribution < -0.4 is 10.1 Å². The number of anilines is 1. The van der Waals surface area contributed by atoms with Crippen molar-refractivity contribution in [1.82, 2.24) is 14.9 Å². The van der Waals surface area contributed by atoms with Gasteiger partial charge in [0.15, 0.2) is 0 Å². The Morgan fingerprint density at radius 1 is 1.17 bits per heavy atom. The topological polar surface area (TPSA) is 70.2 Å². The first-order chi connectivity index (χ1) is 14.2. The molecule has 2 heterocycles. The van der Waals surface area contributed by atoms with Gasteiger partial charge in [0.05, 0.1) is 17.6 Å². The molecule has 2 amide bonds. The summed E-state index contributed by atoms with van der Waals surface area (Å²) in [5, 5.41) is 2.99. The number of nitrogens with zero attached hydrogens (tertiary/aromatic N) is 2. The SMILES string of the molecule is CCCCOc1ccc(NC(=O)N2CCC(c3nc4ccccc4[nH]3)CC2)cc1. The number of para-hydroxylation sites is 2. The lowest BCUT2D eigenvalue weighted by Crippen LogP contribution is -2.40. The summed E-state index contributed by atoms with van der Waals surface area (Å²) in [6.45, 7) is 4.32. The maximum absolute atomic E-state index is 12.6. The van der Waals surface area contributed by atoms with Crippen molar-refractivity contribution in [2.75, 3.05) is 25.0 Å². The maximum atomic E-state index is 12.6. The van der Waals surface area contributed by atoms with Gasteiger partial charge in [0.25, 0.3) is 0 Å². The number of H-pyrrole nitrogens is 1. The van der Waals surface area contributed by atoms with E-state index in [0.717, 1.165) is 73.7 Å². The smallest absolute Gasteiger partial charge is 0.321 e. The molecule has 6 heteroatoms. The van der Waals surface area contributed by atoms with E-state index in [1.54, 1.807) is 0 Å². The van der Waals surface area contributed by atoms with Gasteiger partial charge in [-0.05, 0) is 55.7 Å². The third kappa shape index (κ3) is 4.70. The number of hydrogen-bond donors (Lipinski definition) is 2. The molecule has 0 unspecified atom stereocenters. The molecule has 1 aliphatic rings. The van der Waals surface area contributed by atoms with Gasteiger partial charge in [-0.2, -0.15) is 0 Å². The normalized spacial score (nSPS) is 14.9. The molecule has 0 saturated carbocycles. The molecule has 0 radical (unpaired) electrons. The van der Waals surface area contributed by atoms with E-state index >= 15 is 0 Å². The fourth-order valence-electron chi connectivity index (χ4n) is 3.69. The second-order valence-electron chi connectivity index (χ2n) is 7.56. The van der Waals surface area contributed by atoms with Crippen LogP contribution >= 0.6 is 0 Å².